The number of hydrogen-bond donors (Lipinski definition) is 1. The van der Waals surface area contributed by atoms with Crippen LogP contribution in [0.2, 0.25) is 0 Å². The van der Waals surface area contributed by atoms with Gasteiger partial charge in [-0.15, -0.1) is 0 Å². The molecule has 138 valence electrons. The molecule has 1 saturated heterocycles. The Morgan fingerprint density at radius 1 is 1.07 bits per heavy atom. The summed E-state index contributed by atoms with van der Waals surface area (Å²) in [6, 6.07) is 18.8. The fraction of sp³-hybridized carbons (Fsp3) is 0.273. The summed E-state index contributed by atoms with van der Waals surface area (Å²) in [4.78, 5) is 6.86. The molecule has 1 aromatic carbocycles. The first kappa shape index (κ1) is 17.7. The first-order valence-electron chi connectivity index (χ1n) is 9.34. The number of benzene rings is 1. The molecule has 0 amide bonds. The molecule has 5 heteroatoms. The number of hydrogen-bond acceptors (Lipinski definition) is 2. The van der Waals surface area contributed by atoms with Gasteiger partial charge in [-0.1, -0.05) is 24.3 Å². The van der Waals surface area contributed by atoms with E-state index in [2.05, 4.69) is 76.9 Å². The lowest BCUT2D eigenvalue weighted by Gasteiger charge is -2.28. The van der Waals surface area contributed by atoms with Crippen LogP contribution in [0.5, 0.6) is 0 Å². The summed E-state index contributed by atoms with van der Waals surface area (Å²) in [6.45, 7) is 7.52. The molecule has 1 aliphatic heterocycles. The highest BCUT2D eigenvalue weighted by molar-refractivity contribution is 7.80. The third kappa shape index (κ3) is 3.02. The molecular formula is C22H24N4S. The lowest BCUT2D eigenvalue weighted by Crippen LogP contribution is -2.29. The molecule has 4 rings (SSSR count). The zero-order valence-electron chi connectivity index (χ0n) is 15.9. The molecule has 4 nitrogen and oxygen atoms in total. The van der Waals surface area contributed by atoms with Crippen molar-refractivity contribution in [2.45, 2.75) is 39.4 Å². The number of nitrogens with zero attached hydrogens (tertiary/aromatic N) is 3. The number of rotatable bonds is 4. The van der Waals surface area contributed by atoms with Crippen molar-refractivity contribution >= 4 is 23.0 Å². The Balaban J connectivity index is 1.88. The van der Waals surface area contributed by atoms with Gasteiger partial charge in [0.25, 0.3) is 0 Å². The fourth-order valence-electron chi connectivity index (χ4n) is 4.15. The number of aryl methyl sites for hydroxylation is 1. The highest BCUT2D eigenvalue weighted by atomic mass is 32.1. The van der Waals surface area contributed by atoms with Crippen molar-refractivity contribution in [3.05, 3.63) is 83.4 Å². The Morgan fingerprint density at radius 3 is 2.44 bits per heavy atom. The van der Waals surface area contributed by atoms with E-state index in [1.165, 1.54) is 17.0 Å². The number of nitrogens with one attached hydrogen (secondary N) is 1. The van der Waals surface area contributed by atoms with Crippen LogP contribution in [0.25, 0.3) is 0 Å². The highest BCUT2D eigenvalue weighted by Gasteiger charge is 2.42. The van der Waals surface area contributed by atoms with Crippen LogP contribution in [0.4, 0.5) is 5.69 Å². The number of thiocarbonyl (C=S) groups is 1. The Labute approximate surface area is 165 Å². The second-order valence-corrected chi connectivity index (χ2v) is 7.29. The molecule has 3 heterocycles. The van der Waals surface area contributed by atoms with E-state index in [0.717, 1.165) is 23.0 Å². The smallest absolute Gasteiger partial charge is 0.174 e. The van der Waals surface area contributed by atoms with E-state index in [9.17, 15) is 0 Å². The van der Waals surface area contributed by atoms with Crippen molar-refractivity contribution < 1.29 is 0 Å². The fourth-order valence-corrected chi connectivity index (χ4v) is 4.50. The zero-order valence-corrected chi connectivity index (χ0v) is 16.7. The third-order valence-electron chi connectivity index (χ3n) is 5.38. The number of aromatic nitrogens is 2. The minimum atomic E-state index is 0.00436. The first-order valence-corrected chi connectivity index (χ1v) is 9.75. The molecule has 0 bridgehead atoms. The van der Waals surface area contributed by atoms with E-state index in [4.69, 9.17) is 12.2 Å². The van der Waals surface area contributed by atoms with Gasteiger partial charge in [0.15, 0.2) is 5.11 Å². The van der Waals surface area contributed by atoms with Gasteiger partial charge in [0.2, 0.25) is 0 Å². The van der Waals surface area contributed by atoms with Gasteiger partial charge in [-0.25, -0.2) is 0 Å². The van der Waals surface area contributed by atoms with Crippen LogP contribution in [-0.4, -0.2) is 14.7 Å². The maximum absolute atomic E-state index is 5.77. The van der Waals surface area contributed by atoms with Gasteiger partial charge in [0.05, 0.1) is 17.8 Å². The quantitative estimate of drug-likeness (QED) is 0.669. The molecule has 1 fully saturated rings. The zero-order chi connectivity index (χ0) is 19.0. The predicted octanol–water partition coefficient (Wildman–Crippen LogP) is 4.70. The maximum atomic E-state index is 5.77. The van der Waals surface area contributed by atoms with Gasteiger partial charge in [0, 0.05) is 29.8 Å². The second-order valence-electron chi connectivity index (χ2n) is 6.90. The van der Waals surface area contributed by atoms with Gasteiger partial charge in [-0.3, -0.25) is 4.98 Å². The van der Waals surface area contributed by atoms with Gasteiger partial charge in [0.1, 0.15) is 0 Å². The minimum Gasteiger partial charge on any atom is -0.351 e. The summed E-state index contributed by atoms with van der Waals surface area (Å²) in [7, 11) is 0. The van der Waals surface area contributed by atoms with E-state index in [1.54, 1.807) is 0 Å². The van der Waals surface area contributed by atoms with Crippen molar-refractivity contribution in [1.82, 2.24) is 14.9 Å². The SMILES string of the molecule is CCn1c(C)cc([C@@H]2[C@H](c3ccccn3)NC(=S)N2c2ccccc2)c1C. The van der Waals surface area contributed by atoms with E-state index in [-0.39, 0.29) is 12.1 Å². The van der Waals surface area contributed by atoms with Crippen molar-refractivity contribution in [3.8, 4) is 0 Å². The summed E-state index contributed by atoms with van der Waals surface area (Å²) in [5.41, 5.74) is 5.95. The standard InChI is InChI=1S/C22H24N4S/c1-4-25-15(2)14-18(16(25)3)21-20(19-12-8-9-13-23-19)24-22(27)26(21)17-10-6-5-7-11-17/h5-14,20-21H,4H2,1-3H3,(H,24,27)/t20-,21+/m0/s1. The molecular weight excluding hydrogens is 352 g/mol. The van der Waals surface area contributed by atoms with E-state index in [0.29, 0.717) is 0 Å². The summed E-state index contributed by atoms with van der Waals surface area (Å²) >= 11 is 5.77. The number of pyridine rings is 1. The molecule has 3 aromatic rings. The van der Waals surface area contributed by atoms with Crippen LogP contribution < -0.4 is 10.2 Å². The molecule has 0 saturated carbocycles. The van der Waals surface area contributed by atoms with Gasteiger partial charge >= 0.3 is 0 Å². The molecule has 0 unspecified atom stereocenters. The molecule has 1 N–H and O–H groups in total. The minimum absolute atomic E-state index is 0.00436. The average Bonchev–Trinajstić information content (AvgIpc) is 3.18. The lowest BCUT2D eigenvalue weighted by atomic mass is 9.96. The molecule has 0 spiro atoms. The van der Waals surface area contributed by atoms with Crippen molar-refractivity contribution in [3.63, 3.8) is 0 Å². The molecule has 0 radical (unpaired) electrons. The van der Waals surface area contributed by atoms with Crippen LogP contribution in [0.15, 0.2) is 60.8 Å². The highest BCUT2D eigenvalue weighted by Crippen LogP contribution is 2.43. The van der Waals surface area contributed by atoms with E-state index >= 15 is 0 Å². The Hall–Kier alpha value is -2.66. The number of anilines is 1. The molecule has 27 heavy (non-hydrogen) atoms. The third-order valence-corrected chi connectivity index (χ3v) is 5.69. The Bertz CT molecular complexity index is 949. The lowest BCUT2D eigenvalue weighted by molar-refractivity contribution is 0.563. The van der Waals surface area contributed by atoms with Crippen molar-refractivity contribution in [2.75, 3.05) is 4.90 Å². The molecule has 1 aliphatic rings. The van der Waals surface area contributed by atoms with Crippen LogP contribution in [-0.2, 0) is 6.54 Å². The first-order chi connectivity index (χ1) is 13.1. The topological polar surface area (TPSA) is 33.1 Å². The van der Waals surface area contributed by atoms with Crippen molar-refractivity contribution in [1.29, 1.82) is 0 Å². The Kier molecular flexibility index (Phi) is 4.70. The summed E-state index contributed by atoms with van der Waals surface area (Å²) in [5.74, 6) is 0. The monoisotopic (exact) mass is 376 g/mol. The van der Waals surface area contributed by atoms with Crippen LogP contribution >= 0.6 is 12.2 Å². The predicted molar refractivity (Wildman–Crippen MR) is 114 cm³/mol. The van der Waals surface area contributed by atoms with Gasteiger partial charge in [-0.05, 0) is 68.9 Å². The van der Waals surface area contributed by atoms with E-state index in [1.807, 2.05) is 24.4 Å². The van der Waals surface area contributed by atoms with Crippen molar-refractivity contribution in [2.24, 2.45) is 0 Å². The summed E-state index contributed by atoms with van der Waals surface area (Å²) in [6.07, 6.45) is 1.84. The number of para-hydroxylation sites is 1. The average molecular weight is 377 g/mol. The summed E-state index contributed by atoms with van der Waals surface area (Å²) < 4.78 is 2.36. The largest absolute Gasteiger partial charge is 0.351 e. The van der Waals surface area contributed by atoms with Crippen LogP contribution in [0.3, 0.4) is 0 Å². The van der Waals surface area contributed by atoms with Gasteiger partial charge in [-0.2, -0.15) is 0 Å². The normalized spacial score (nSPS) is 19.4. The molecule has 2 aromatic heterocycles. The van der Waals surface area contributed by atoms with Gasteiger partial charge < -0.3 is 14.8 Å². The summed E-state index contributed by atoms with van der Waals surface area (Å²) in [5, 5.41) is 4.27. The van der Waals surface area contributed by atoms with Crippen LogP contribution in [0.1, 0.15) is 41.7 Å². The second kappa shape index (κ2) is 7.16. The molecule has 0 aliphatic carbocycles. The van der Waals surface area contributed by atoms with Crippen LogP contribution in [0, 0.1) is 13.8 Å². The maximum Gasteiger partial charge on any atom is 0.174 e. The Morgan fingerprint density at radius 2 is 1.81 bits per heavy atom. The van der Waals surface area contributed by atoms with E-state index < -0.39 is 0 Å². The molecule has 2 atom stereocenters.